The highest BCUT2D eigenvalue weighted by Gasteiger charge is 2.36. The Morgan fingerprint density at radius 1 is 0.439 bits per heavy atom. The maximum atomic E-state index is 13.5. The molecule has 0 spiro atoms. The molecule has 0 N–H and O–H groups in total. The first kappa shape index (κ1) is 38.5. The maximum absolute atomic E-state index is 13.5. The minimum atomic E-state index is -0.213. The van der Waals surface area contributed by atoms with Crippen molar-refractivity contribution in [2.45, 2.75) is 33.1 Å². The number of ketones is 2. The molecule has 0 amide bonds. The molecule has 0 aromatic heterocycles. The van der Waals surface area contributed by atoms with Crippen molar-refractivity contribution in [1.29, 1.82) is 0 Å². The van der Waals surface area contributed by atoms with Gasteiger partial charge in [0.05, 0.1) is 5.57 Å². The molecule has 0 aliphatic heterocycles. The number of Topliss-reactive ketones (excluding diaryl/α,β-unsaturated/α-hetero) is 2. The van der Waals surface area contributed by atoms with Crippen molar-refractivity contribution in [3.05, 3.63) is 232 Å². The summed E-state index contributed by atoms with van der Waals surface area (Å²) in [6.07, 6.45) is 2.74. The summed E-state index contributed by atoms with van der Waals surface area (Å²) in [5, 5.41) is 7.23. The number of fused-ring (bicyclic) bond motifs is 8. The summed E-state index contributed by atoms with van der Waals surface area (Å²) in [5.74, 6) is 0.200. The molecule has 0 heterocycles. The van der Waals surface area contributed by atoms with Crippen LogP contribution in [0.3, 0.4) is 0 Å². The molecule has 0 saturated heterocycles. The van der Waals surface area contributed by atoms with Gasteiger partial charge in [-0.15, -0.1) is 0 Å². The summed E-state index contributed by atoms with van der Waals surface area (Å²) in [6.45, 7) is 6.90. The second-order valence-electron chi connectivity index (χ2n) is 18.7. The molecule has 3 aliphatic carbocycles. The first-order valence-corrected chi connectivity index (χ1v) is 23.2. The molecule has 312 valence electrons. The third-order valence-electron chi connectivity index (χ3n) is 15.0. The van der Waals surface area contributed by atoms with Gasteiger partial charge in [-0.25, -0.2) is 0 Å². The third-order valence-corrected chi connectivity index (χ3v) is 15.0. The second kappa shape index (κ2) is 14.5. The predicted molar refractivity (Wildman–Crippen MR) is 273 cm³/mol. The highest BCUT2D eigenvalue weighted by atomic mass is 16.2. The number of carbonyl (C=O) groups excluding carboxylic acids is 2. The predicted octanol–water partition coefficient (Wildman–Crippen LogP) is 16.2. The first-order valence-electron chi connectivity index (χ1n) is 23.2. The number of hydrogen-bond donors (Lipinski definition) is 0. The van der Waals surface area contributed by atoms with Crippen LogP contribution in [-0.2, 0) is 6.42 Å². The Kier molecular flexibility index (Phi) is 8.48. The minimum Gasteiger partial charge on any atom is -0.288 e. The molecule has 13 rings (SSSR count). The summed E-state index contributed by atoms with van der Waals surface area (Å²) in [5.41, 5.74) is 21.2. The molecule has 0 saturated carbocycles. The zero-order chi connectivity index (χ0) is 44.4. The van der Waals surface area contributed by atoms with Crippen molar-refractivity contribution in [2.75, 3.05) is 0 Å². The lowest BCUT2D eigenvalue weighted by Gasteiger charge is -2.31. The fourth-order valence-electron chi connectivity index (χ4n) is 12.0. The third kappa shape index (κ3) is 5.55. The molecule has 2 heteroatoms. The molecule has 0 fully saturated rings. The van der Waals surface area contributed by atoms with Gasteiger partial charge < -0.3 is 0 Å². The van der Waals surface area contributed by atoms with E-state index in [4.69, 9.17) is 0 Å². The van der Waals surface area contributed by atoms with E-state index in [0.29, 0.717) is 17.0 Å². The van der Waals surface area contributed by atoms with E-state index in [2.05, 4.69) is 172 Å². The number of benzene rings is 10. The molecular formula is C64H44O2. The molecule has 66 heavy (non-hydrogen) atoms. The lowest BCUT2D eigenvalue weighted by molar-refractivity contribution is 0.0990. The molecule has 10 aromatic carbocycles. The van der Waals surface area contributed by atoms with Gasteiger partial charge in [0.1, 0.15) is 0 Å². The number of aryl methyl sites for hydroxylation is 2. The van der Waals surface area contributed by atoms with Gasteiger partial charge in [0.15, 0.2) is 11.6 Å². The fraction of sp³-hybridized carbons (Fsp3) is 0.0938. The van der Waals surface area contributed by atoms with Crippen LogP contribution in [0.25, 0.3) is 94.0 Å². The van der Waals surface area contributed by atoms with Gasteiger partial charge in [-0.05, 0) is 172 Å². The van der Waals surface area contributed by atoms with Gasteiger partial charge in [-0.3, -0.25) is 9.59 Å². The Balaban J connectivity index is 1.13. The topological polar surface area (TPSA) is 34.1 Å². The maximum Gasteiger partial charge on any atom is 0.197 e. The zero-order valence-corrected chi connectivity index (χ0v) is 37.1. The Morgan fingerprint density at radius 3 is 1.61 bits per heavy atom. The van der Waals surface area contributed by atoms with E-state index in [-0.39, 0.29) is 23.1 Å². The molecule has 0 bridgehead atoms. The van der Waals surface area contributed by atoms with Crippen molar-refractivity contribution in [2.24, 2.45) is 5.92 Å². The molecule has 2 unspecified atom stereocenters. The van der Waals surface area contributed by atoms with E-state index in [1.54, 1.807) is 18.2 Å². The quantitative estimate of drug-likeness (QED) is 0.100. The highest BCUT2D eigenvalue weighted by molar-refractivity contribution is 6.41. The van der Waals surface area contributed by atoms with Crippen LogP contribution < -0.4 is 0 Å². The standard InChI is InChI=1S/C64H44O2/c1-36-15-7-9-19-44(36)58-53-34-41-26-25-39(33-55-63(65)49-23-13-14-24-50(49)64(55)66)32-43(41)35-54(53)59(45-20-10-8-16-37(45)2)62-52-30-29-48-46-21-11-12-22-47(46)56(40-17-5-4-6-18-40)38(3)31-42-27-28-51(61(58)62)60(52)57(42)48/h4-30,32-35,38,56H,31H2,1-3H3. The summed E-state index contributed by atoms with van der Waals surface area (Å²) < 4.78 is 0. The van der Waals surface area contributed by atoms with Crippen LogP contribution in [-0.4, -0.2) is 11.6 Å². The van der Waals surface area contributed by atoms with E-state index >= 15 is 0 Å². The SMILES string of the molecule is Cc1ccccc1-c1c2c(c(-c3ccccc3C)c3cc4cc(C=C5C(=O)c6ccccc6C5=O)ccc4cc13)-c1ccc3c4c(ccc-2c14)CC(C)C(c1ccccc1)c1ccccc1-3. The van der Waals surface area contributed by atoms with Crippen LogP contribution in [0.4, 0.5) is 0 Å². The Hall–Kier alpha value is -7.94. The summed E-state index contributed by atoms with van der Waals surface area (Å²) in [4.78, 5) is 27.0. The van der Waals surface area contributed by atoms with E-state index in [0.717, 1.165) is 22.8 Å². The lowest BCUT2D eigenvalue weighted by Crippen LogP contribution is -2.17. The number of allylic oxidation sites excluding steroid dienone is 1. The van der Waals surface area contributed by atoms with Gasteiger partial charge in [0, 0.05) is 17.0 Å². The van der Waals surface area contributed by atoms with Gasteiger partial charge in [-0.1, -0.05) is 171 Å². The Morgan fingerprint density at radius 2 is 0.970 bits per heavy atom. The number of hydrogen-bond acceptors (Lipinski definition) is 2. The van der Waals surface area contributed by atoms with Crippen molar-refractivity contribution in [1.82, 2.24) is 0 Å². The second-order valence-corrected chi connectivity index (χ2v) is 18.7. The Labute approximate surface area is 384 Å². The van der Waals surface area contributed by atoms with Gasteiger partial charge in [-0.2, -0.15) is 0 Å². The van der Waals surface area contributed by atoms with E-state index in [1.807, 2.05) is 18.2 Å². The molecule has 0 radical (unpaired) electrons. The number of rotatable bonds is 4. The van der Waals surface area contributed by atoms with Crippen molar-refractivity contribution >= 4 is 50.0 Å². The summed E-state index contributed by atoms with van der Waals surface area (Å²) >= 11 is 0. The largest absolute Gasteiger partial charge is 0.288 e. The summed E-state index contributed by atoms with van der Waals surface area (Å²) in [7, 11) is 0. The zero-order valence-electron chi connectivity index (χ0n) is 37.1. The molecule has 2 nitrogen and oxygen atoms in total. The number of carbonyl (C=O) groups is 2. The molecule has 10 aromatic rings. The Bertz CT molecular complexity index is 3770. The van der Waals surface area contributed by atoms with E-state index < -0.39 is 0 Å². The van der Waals surface area contributed by atoms with Crippen molar-refractivity contribution < 1.29 is 9.59 Å². The van der Waals surface area contributed by atoms with Crippen LogP contribution in [0, 0.1) is 19.8 Å². The van der Waals surface area contributed by atoms with E-state index in [9.17, 15) is 9.59 Å². The first-order chi connectivity index (χ1) is 32.3. The molecule has 3 aliphatic rings. The summed E-state index contributed by atoms with van der Waals surface area (Å²) in [6, 6.07) is 65.8. The van der Waals surface area contributed by atoms with Gasteiger partial charge in [0.25, 0.3) is 0 Å². The van der Waals surface area contributed by atoms with Gasteiger partial charge in [0.2, 0.25) is 0 Å². The average Bonchev–Trinajstić information content (AvgIpc) is 3.79. The average molecular weight is 845 g/mol. The fourth-order valence-corrected chi connectivity index (χ4v) is 12.0. The minimum absolute atomic E-state index is 0.213. The van der Waals surface area contributed by atoms with Crippen LogP contribution >= 0.6 is 0 Å². The lowest BCUT2D eigenvalue weighted by atomic mass is 9.73. The molecular weight excluding hydrogens is 801 g/mol. The van der Waals surface area contributed by atoms with Crippen molar-refractivity contribution in [3.8, 4) is 55.6 Å². The normalized spacial score (nSPS) is 15.8. The van der Waals surface area contributed by atoms with Gasteiger partial charge >= 0.3 is 0 Å². The molecule has 2 atom stereocenters. The van der Waals surface area contributed by atoms with Crippen molar-refractivity contribution in [3.63, 3.8) is 0 Å². The monoisotopic (exact) mass is 844 g/mol. The van der Waals surface area contributed by atoms with Crippen LogP contribution in [0.15, 0.2) is 188 Å². The highest BCUT2D eigenvalue weighted by Crippen LogP contribution is 2.60. The van der Waals surface area contributed by atoms with Crippen LogP contribution in [0.1, 0.15) is 66.9 Å². The van der Waals surface area contributed by atoms with Crippen LogP contribution in [0.2, 0.25) is 0 Å². The van der Waals surface area contributed by atoms with E-state index in [1.165, 1.54) is 105 Å². The smallest absolute Gasteiger partial charge is 0.197 e. The van der Waals surface area contributed by atoms with Crippen LogP contribution in [0.5, 0.6) is 0 Å².